The van der Waals surface area contributed by atoms with Gasteiger partial charge in [-0.15, -0.1) is 0 Å². The average Bonchev–Trinajstić information content (AvgIpc) is 2.93. The zero-order chi connectivity index (χ0) is 14.7. The Bertz CT molecular complexity index is 732. The maximum Gasteiger partial charge on any atom is 0.0896 e. The highest BCUT2D eigenvalue weighted by Gasteiger charge is 2.17. The molecule has 0 bridgehead atoms. The first-order valence-electron chi connectivity index (χ1n) is 7.37. The van der Waals surface area contributed by atoms with E-state index in [9.17, 15) is 0 Å². The van der Waals surface area contributed by atoms with Crippen molar-refractivity contribution >= 4 is 5.52 Å². The number of fused-ring (bicyclic) bond motifs is 1. The molecule has 4 nitrogen and oxygen atoms in total. The molecule has 1 atom stereocenters. The Morgan fingerprint density at radius 3 is 3.00 bits per heavy atom. The molecule has 0 radical (unpaired) electrons. The Hall–Kier alpha value is -2.20. The molecule has 2 aromatic heterocycles. The van der Waals surface area contributed by atoms with Crippen molar-refractivity contribution in [1.82, 2.24) is 19.9 Å². The lowest BCUT2D eigenvalue weighted by atomic mass is 9.97. The van der Waals surface area contributed by atoms with Gasteiger partial charge in [-0.1, -0.05) is 37.6 Å². The van der Waals surface area contributed by atoms with Gasteiger partial charge in [0.2, 0.25) is 0 Å². The van der Waals surface area contributed by atoms with Crippen LogP contribution in [0.2, 0.25) is 0 Å². The van der Waals surface area contributed by atoms with Crippen molar-refractivity contribution in [1.29, 1.82) is 0 Å². The number of aryl methyl sites for hydroxylation is 1. The highest BCUT2D eigenvalue weighted by atomic mass is 15.2. The predicted octanol–water partition coefficient (Wildman–Crippen LogP) is 2.99. The predicted molar refractivity (Wildman–Crippen MR) is 84.3 cm³/mol. The Morgan fingerprint density at radius 1 is 1.29 bits per heavy atom. The van der Waals surface area contributed by atoms with Crippen LogP contribution < -0.4 is 5.32 Å². The molecule has 2 heterocycles. The van der Waals surface area contributed by atoms with Gasteiger partial charge in [0.1, 0.15) is 0 Å². The van der Waals surface area contributed by atoms with Crippen LogP contribution >= 0.6 is 0 Å². The summed E-state index contributed by atoms with van der Waals surface area (Å²) >= 11 is 0. The van der Waals surface area contributed by atoms with E-state index in [0.29, 0.717) is 0 Å². The fraction of sp³-hybridized carbons (Fsp3) is 0.294. The van der Waals surface area contributed by atoms with Crippen molar-refractivity contribution in [3.63, 3.8) is 0 Å². The number of nitrogens with one attached hydrogen (secondary N) is 1. The van der Waals surface area contributed by atoms with Crippen LogP contribution in [-0.4, -0.2) is 21.6 Å². The Kier molecular flexibility index (Phi) is 3.97. The second kappa shape index (κ2) is 6.06. The molecular formula is C17H20N4. The standard InChI is InChI=1S/C17H20N4/c1-3-5-13-6-4-7-14(10-13)17(18-2)15-11-20-21-9-8-19-12-16(15)21/h4,6-12,17-18H,3,5H2,1-2H3. The molecule has 0 amide bonds. The van der Waals surface area contributed by atoms with Gasteiger partial charge in [-0.25, -0.2) is 4.52 Å². The van der Waals surface area contributed by atoms with Gasteiger partial charge in [-0.05, 0) is 24.6 Å². The Labute approximate surface area is 124 Å². The number of rotatable bonds is 5. The number of hydrogen-bond donors (Lipinski definition) is 1. The van der Waals surface area contributed by atoms with Crippen LogP contribution in [0.15, 0.2) is 49.1 Å². The van der Waals surface area contributed by atoms with E-state index in [-0.39, 0.29) is 6.04 Å². The molecule has 1 unspecified atom stereocenters. The average molecular weight is 280 g/mol. The molecule has 0 aliphatic carbocycles. The normalized spacial score (nSPS) is 12.7. The second-order valence-electron chi connectivity index (χ2n) is 5.22. The fourth-order valence-corrected chi connectivity index (χ4v) is 2.79. The summed E-state index contributed by atoms with van der Waals surface area (Å²) in [5.74, 6) is 0. The quantitative estimate of drug-likeness (QED) is 0.781. The zero-order valence-electron chi connectivity index (χ0n) is 12.5. The number of benzene rings is 1. The zero-order valence-corrected chi connectivity index (χ0v) is 12.5. The summed E-state index contributed by atoms with van der Waals surface area (Å²) in [5.41, 5.74) is 4.84. The molecule has 3 aromatic rings. The maximum absolute atomic E-state index is 4.41. The molecule has 4 heteroatoms. The minimum atomic E-state index is 0.128. The van der Waals surface area contributed by atoms with Crippen LogP contribution in [0.3, 0.4) is 0 Å². The van der Waals surface area contributed by atoms with Crippen LogP contribution in [0.4, 0.5) is 0 Å². The molecule has 1 aromatic carbocycles. The summed E-state index contributed by atoms with van der Waals surface area (Å²) in [6.07, 6.45) is 9.68. The summed E-state index contributed by atoms with van der Waals surface area (Å²) in [6.45, 7) is 2.21. The maximum atomic E-state index is 4.41. The molecule has 0 saturated carbocycles. The summed E-state index contributed by atoms with van der Waals surface area (Å²) in [5, 5.41) is 7.81. The van der Waals surface area contributed by atoms with Crippen LogP contribution in [0.1, 0.15) is 36.1 Å². The van der Waals surface area contributed by atoms with Gasteiger partial charge in [0.25, 0.3) is 0 Å². The van der Waals surface area contributed by atoms with Crippen molar-refractivity contribution in [2.24, 2.45) is 0 Å². The van der Waals surface area contributed by atoms with E-state index in [1.807, 2.05) is 30.2 Å². The smallest absolute Gasteiger partial charge is 0.0896 e. The van der Waals surface area contributed by atoms with E-state index >= 15 is 0 Å². The minimum Gasteiger partial charge on any atom is -0.309 e. The summed E-state index contributed by atoms with van der Waals surface area (Å²) < 4.78 is 1.86. The van der Waals surface area contributed by atoms with E-state index in [0.717, 1.165) is 23.9 Å². The molecule has 0 spiro atoms. The van der Waals surface area contributed by atoms with Gasteiger partial charge in [0.05, 0.1) is 24.0 Å². The van der Waals surface area contributed by atoms with Gasteiger partial charge >= 0.3 is 0 Å². The largest absolute Gasteiger partial charge is 0.309 e. The molecule has 0 saturated heterocycles. The van der Waals surface area contributed by atoms with Gasteiger partial charge in [-0.2, -0.15) is 5.10 Å². The number of hydrogen-bond acceptors (Lipinski definition) is 3. The van der Waals surface area contributed by atoms with Crippen molar-refractivity contribution < 1.29 is 0 Å². The topological polar surface area (TPSA) is 42.2 Å². The lowest BCUT2D eigenvalue weighted by Crippen LogP contribution is -2.17. The molecule has 1 N–H and O–H groups in total. The van der Waals surface area contributed by atoms with Gasteiger partial charge in [0, 0.05) is 18.0 Å². The van der Waals surface area contributed by atoms with Crippen molar-refractivity contribution in [3.05, 3.63) is 65.7 Å². The highest BCUT2D eigenvalue weighted by Crippen LogP contribution is 2.26. The van der Waals surface area contributed by atoms with Crippen LogP contribution in [0, 0.1) is 0 Å². The molecule has 3 rings (SSSR count). The first kappa shape index (κ1) is 13.8. The van der Waals surface area contributed by atoms with Gasteiger partial charge in [-0.3, -0.25) is 4.98 Å². The third kappa shape index (κ3) is 2.67. The fourth-order valence-electron chi connectivity index (χ4n) is 2.79. The van der Waals surface area contributed by atoms with Crippen molar-refractivity contribution in [3.8, 4) is 0 Å². The third-order valence-electron chi connectivity index (χ3n) is 3.78. The first-order valence-corrected chi connectivity index (χ1v) is 7.37. The number of nitrogens with zero attached hydrogens (tertiary/aromatic N) is 3. The van der Waals surface area contributed by atoms with Crippen molar-refractivity contribution in [2.45, 2.75) is 25.8 Å². The monoisotopic (exact) mass is 280 g/mol. The SMILES string of the molecule is CCCc1cccc(C(NC)c2cnn3ccncc23)c1. The molecule has 0 aliphatic rings. The van der Waals surface area contributed by atoms with Crippen LogP contribution in [0.25, 0.3) is 5.52 Å². The first-order chi connectivity index (χ1) is 10.3. The molecular weight excluding hydrogens is 260 g/mol. The minimum absolute atomic E-state index is 0.128. The lowest BCUT2D eigenvalue weighted by molar-refractivity contribution is 0.694. The molecule has 0 fully saturated rings. The second-order valence-corrected chi connectivity index (χ2v) is 5.22. The third-order valence-corrected chi connectivity index (χ3v) is 3.78. The lowest BCUT2D eigenvalue weighted by Gasteiger charge is -2.16. The Morgan fingerprint density at radius 2 is 2.19 bits per heavy atom. The van der Waals surface area contributed by atoms with Crippen molar-refractivity contribution in [2.75, 3.05) is 7.05 Å². The number of aromatic nitrogens is 3. The molecule has 108 valence electrons. The van der Waals surface area contributed by atoms with E-state index in [1.54, 1.807) is 6.20 Å². The summed E-state index contributed by atoms with van der Waals surface area (Å²) in [7, 11) is 1.98. The molecule has 21 heavy (non-hydrogen) atoms. The van der Waals surface area contributed by atoms with Gasteiger partial charge < -0.3 is 5.32 Å². The van der Waals surface area contributed by atoms with Crippen LogP contribution in [0.5, 0.6) is 0 Å². The summed E-state index contributed by atoms with van der Waals surface area (Å²) in [6, 6.07) is 8.90. The molecule has 0 aliphatic heterocycles. The van der Waals surface area contributed by atoms with E-state index < -0.39 is 0 Å². The van der Waals surface area contributed by atoms with E-state index in [4.69, 9.17) is 0 Å². The Balaban J connectivity index is 2.03. The highest BCUT2D eigenvalue weighted by molar-refractivity contribution is 5.55. The summed E-state index contributed by atoms with van der Waals surface area (Å²) in [4.78, 5) is 4.21. The van der Waals surface area contributed by atoms with Crippen LogP contribution in [-0.2, 0) is 6.42 Å². The van der Waals surface area contributed by atoms with Gasteiger partial charge in [0.15, 0.2) is 0 Å². The van der Waals surface area contributed by atoms with E-state index in [1.165, 1.54) is 11.1 Å². The van der Waals surface area contributed by atoms with E-state index in [2.05, 4.69) is 46.6 Å².